The SMILES string of the molecule is C[C@@H]1Oc2nc(-c3cc(NC(=O)OC(C)(C)C)cc4ccc(F)c(F)c34)c(F)c3nc(OCC4(COS(C)(=O)=O)CC4)nc(c23)N2C[C@H]3CC[C@@H](C12)N3C(=O)OC(C)(C)C. The minimum absolute atomic E-state index is 0.0542. The van der Waals surface area contributed by atoms with Gasteiger partial charge in [0, 0.05) is 28.6 Å². The van der Waals surface area contributed by atoms with Gasteiger partial charge in [-0.2, -0.15) is 18.4 Å². The number of hydrogen-bond acceptors (Lipinski definition) is 13. The summed E-state index contributed by atoms with van der Waals surface area (Å²) in [6, 6.07) is 3.36. The quantitative estimate of drug-likeness (QED) is 0.173. The molecule has 1 aliphatic carbocycles. The Morgan fingerprint density at radius 1 is 0.950 bits per heavy atom. The van der Waals surface area contributed by atoms with Crippen molar-refractivity contribution < 1.29 is 54.3 Å². The van der Waals surface area contributed by atoms with Gasteiger partial charge in [-0.05, 0) is 97.7 Å². The van der Waals surface area contributed by atoms with Crippen molar-refractivity contribution in [3.63, 3.8) is 0 Å². The molecule has 322 valence electrons. The minimum atomic E-state index is -3.74. The third-order valence-electron chi connectivity index (χ3n) is 11.0. The maximum absolute atomic E-state index is 17.5. The average Bonchev–Trinajstić information content (AvgIpc) is 3.86. The summed E-state index contributed by atoms with van der Waals surface area (Å²) in [7, 11) is -3.74. The van der Waals surface area contributed by atoms with Crippen molar-refractivity contribution in [2.75, 3.05) is 36.2 Å². The molecule has 4 aliphatic rings. The lowest BCUT2D eigenvalue weighted by atomic mass is 9.98. The van der Waals surface area contributed by atoms with Crippen molar-refractivity contribution >= 4 is 55.5 Å². The van der Waals surface area contributed by atoms with Crippen LogP contribution in [0, 0.1) is 22.9 Å². The van der Waals surface area contributed by atoms with Gasteiger partial charge in [-0.15, -0.1) is 0 Å². The van der Waals surface area contributed by atoms with Gasteiger partial charge in [0.2, 0.25) is 5.88 Å². The number of hydrogen-bond donors (Lipinski definition) is 1. The Labute approximate surface area is 345 Å². The second kappa shape index (κ2) is 14.5. The summed E-state index contributed by atoms with van der Waals surface area (Å²) >= 11 is 0. The number of aromatic nitrogens is 3. The molecule has 8 rings (SSSR count). The Morgan fingerprint density at radius 2 is 1.67 bits per heavy atom. The maximum atomic E-state index is 17.5. The number of fused-ring (bicyclic) bond motifs is 6. The van der Waals surface area contributed by atoms with Crippen LogP contribution in [0.15, 0.2) is 24.3 Å². The minimum Gasteiger partial charge on any atom is -0.472 e. The zero-order valence-electron chi connectivity index (χ0n) is 34.5. The van der Waals surface area contributed by atoms with Crippen LogP contribution in [0.5, 0.6) is 11.9 Å². The van der Waals surface area contributed by atoms with Crippen LogP contribution < -0.4 is 19.7 Å². The molecule has 3 fully saturated rings. The van der Waals surface area contributed by atoms with Crippen LogP contribution in [0.2, 0.25) is 0 Å². The maximum Gasteiger partial charge on any atom is 0.412 e. The van der Waals surface area contributed by atoms with E-state index in [0.717, 1.165) is 12.3 Å². The summed E-state index contributed by atoms with van der Waals surface area (Å²) in [4.78, 5) is 44.2. The van der Waals surface area contributed by atoms with Gasteiger partial charge in [0.25, 0.3) is 10.1 Å². The van der Waals surface area contributed by atoms with E-state index in [9.17, 15) is 22.4 Å². The number of piperazine rings is 1. The van der Waals surface area contributed by atoms with Crippen LogP contribution in [-0.4, -0.2) is 102 Å². The Morgan fingerprint density at radius 3 is 2.33 bits per heavy atom. The van der Waals surface area contributed by atoms with Gasteiger partial charge >= 0.3 is 18.2 Å². The van der Waals surface area contributed by atoms with Crippen molar-refractivity contribution in [1.82, 2.24) is 19.9 Å². The number of carbonyl (C=O) groups excluding carboxylic acids is 2. The summed E-state index contributed by atoms with van der Waals surface area (Å²) in [5.41, 5.74) is -3.20. The third-order valence-corrected chi connectivity index (χ3v) is 11.6. The van der Waals surface area contributed by atoms with E-state index >= 15 is 8.78 Å². The van der Waals surface area contributed by atoms with E-state index in [-0.39, 0.29) is 76.4 Å². The first-order chi connectivity index (χ1) is 28.0. The van der Waals surface area contributed by atoms with Gasteiger partial charge in [-0.1, -0.05) is 6.07 Å². The van der Waals surface area contributed by atoms with E-state index in [4.69, 9.17) is 28.1 Å². The fourth-order valence-corrected chi connectivity index (χ4v) is 8.76. The number of amides is 2. The van der Waals surface area contributed by atoms with E-state index in [1.807, 2.05) is 4.90 Å². The zero-order valence-corrected chi connectivity index (χ0v) is 35.3. The number of pyridine rings is 1. The van der Waals surface area contributed by atoms with Crippen molar-refractivity contribution in [1.29, 1.82) is 0 Å². The fraction of sp³-hybridized carbons (Fsp3) is 0.537. The molecule has 1 unspecified atom stereocenters. The van der Waals surface area contributed by atoms with E-state index in [2.05, 4.69) is 15.3 Å². The molecule has 1 N–H and O–H groups in total. The number of carbonyl (C=O) groups is 2. The highest BCUT2D eigenvalue weighted by Crippen LogP contribution is 2.49. The Balaban J connectivity index is 1.29. The molecular formula is C41H47F3N6O9S. The molecule has 5 heterocycles. The molecule has 0 radical (unpaired) electrons. The van der Waals surface area contributed by atoms with Gasteiger partial charge in [-0.3, -0.25) is 14.4 Å². The highest BCUT2D eigenvalue weighted by molar-refractivity contribution is 7.85. The molecule has 2 amide bonds. The van der Waals surface area contributed by atoms with Gasteiger partial charge in [0.15, 0.2) is 17.5 Å². The summed E-state index contributed by atoms with van der Waals surface area (Å²) in [6.07, 6.45) is 1.40. The summed E-state index contributed by atoms with van der Waals surface area (Å²) in [6.45, 7) is 12.3. The van der Waals surface area contributed by atoms with Gasteiger partial charge in [-0.25, -0.2) is 27.7 Å². The van der Waals surface area contributed by atoms with Crippen LogP contribution in [0.4, 0.5) is 34.3 Å². The number of ether oxygens (including phenoxy) is 4. The summed E-state index contributed by atoms with van der Waals surface area (Å²) in [5, 5.41) is 2.48. The lowest BCUT2D eigenvalue weighted by Crippen LogP contribution is -2.65. The van der Waals surface area contributed by atoms with Crippen LogP contribution in [-0.2, 0) is 23.8 Å². The van der Waals surface area contributed by atoms with Crippen LogP contribution in [0.1, 0.15) is 74.1 Å². The number of rotatable bonds is 8. The normalized spacial score (nSPS) is 21.9. The predicted molar refractivity (Wildman–Crippen MR) is 214 cm³/mol. The van der Waals surface area contributed by atoms with Crippen LogP contribution in [0.25, 0.3) is 32.9 Å². The zero-order chi connectivity index (χ0) is 43.3. The molecule has 15 nitrogen and oxygen atoms in total. The molecule has 4 atom stereocenters. The smallest absolute Gasteiger partial charge is 0.412 e. The molecule has 4 aromatic rings. The molecule has 2 saturated heterocycles. The highest BCUT2D eigenvalue weighted by Gasteiger charge is 2.54. The van der Waals surface area contributed by atoms with E-state index in [1.165, 1.54) is 18.2 Å². The Kier molecular flexibility index (Phi) is 10.0. The third kappa shape index (κ3) is 8.04. The first-order valence-corrected chi connectivity index (χ1v) is 21.6. The van der Waals surface area contributed by atoms with Crippen molar-refractivity contribution in [2.24, 2.45) is 5.41 Å². The van der Waals surface area contributed by atoms with Crippen molar-refractivity contribution in [3.8, 4) is 23.1 Å². The lowest BCUT2D eigenvalue weighted by Gasteiger charge is -2.48. The van der Waals surface area contributed by atoms with E-state index in [0.29, 0.717) is 25.7 Å². The second-order valence-corrected chi connectivity index (χ2v) is 19.8. The first-order valence-electron chi connectivity index (χ1n) is 19.7. The Hall–Kier alpha value is -5.17. The van der Waals surface area contributed by atoms with E-state index in [1.54, 1.807) is 53.4 Å². The molecular weight excluding hydrogens is 810 g/mol. The number of benzene rings is 2. The van der Waals surface area contributed by atoms with Crippen LogP contribution in [0.3, 0.4) is 0 Å². The van der Waals surface area contributed by atoms with Gasteiger partial charge in [0.1, 0.15) is 39.7 Å². The topological polar surface area (TPSA) is 172 Å². The standard InChI is InChI=1S/C41H47F3N6O9S/c1-20-33-26-12-10-23(50(26)38(52)59-40(5,6)7)17-49(33)34-28-32(47-36(48-34)55-18-41(13-14-41)19-56-60(8,53)54)30(44)31(46-35(28)57-20)24-16-22(45-37(51)58-39(2,3)4)15-21-9-11-25(42)29(43)27(21)24/h9,11,15-16,20,23,26,33H,10,12-14,17-19H2,1-8H3,(H,45,51)/t20-,23+,26-,33?/m0/s1. The van der Waals surface area contributed by atoms with Crippen molar-refractivity contribution in [3.05, 3.63) is 41.7 Å². The number of anilines is 2. The molecule has 19 heteroatoms. The van der Waals surface area contributed by atoms with Gasteiger partial charge in [0.05, 0.1) is 37.6 Å². The molecule has 2 aromatic heterocycles. The molecule has 3 aliphatic heterocycles. The van der Waals surface area contributed by atoms with Crippen molar-refractivity contribution in [2.45, 2.75) is 110 Å². The molecule has 0 spiro atoms. The fourth-order valence-electron chi connectivity index (χ4n) is 8.30. The average molecular weight is 857 g/mol. The van der Waals surface area contributed by atoms with Gasteiger partial charge < -0.3 is 23.8 Å². The number of nitrogens with zero attached hydrogens (tertiary/aromatic N) is 5. The Bertz CT molecular complexity index is 2540. The molecule has 2 bridgehead atoms. The molecule has 60 heavy (non-hydrogen) atoms. The number of nitrogens with one attached hydrogen (secondary N) is 1. The summed E-state index contributed by atoms with van der Waals surface area (Å²) < 4.78 is 101. The molecule has 1 saturated carbocycles. The largest absolute Gasteiger partial charge is 0.472 e. The van der Waals surface area contributed by atoms with E-state index < -0.39 is 80.3 Å². The lowest BCUT2D eigenvalue weighted by molar-refractivity contribution is 0.000908. The van der Waals surface area contributed by atoms with Crippen LogP contribution >= 0.6 is 0 Å². The highest BCUT2D eigenvalue weighted by atomic mass is 32.2. The second-order valence-electron chi connectivity index (χ2n) is 18.2. The molecule has 2 aromatic carbocycles. The number of halogens is 3. The summed E-state index contributed by atoms with van der Waals surface area (Å²) in [5.74, 6) is -3.41. The monoisotopic (exact) mass is 856 g/mol. The first kappa shape index (κ1) is 41.6. The predicted octanol–water partition coefficient (Wildman–Crippen LogP) is 7.48.